The van der Waals surface area contributed by atoms with Crippen molar-refractivity contribution in [3.8, 4) is 5.69 Å². The van der Waals surface area contributed by atoms with Gasteiger partial charge < -0.3 is 0 Å². The van der Waals surface area contributed by atoms with Crippen molar-refractivity contribution in [2.24, 2.45) is 0 Å². The van der Waals surface area contributed by atoms with Crippen LogP contribution in [-0.4, -0.2) is 14.5 Å². The molecule has 1 aromatic carbocycles. The van der Waals surface area contributed by atoms with Crippen molar-refractivity contribution in [1.29, 1.82) is 0 Å². The van der Waals surface area contributed by atoms with Crippen molar-refractivity contribution >= 4 is 54.5 Å². The van der Waals surface area contributed by atoms with Gasteiger partial charge in [-0.15, -0.1) is 11.6 Å². The second-order valence-corrected chi connectivity index (χ2v) is 6.72. The van der Waals surface area contributed by atoms with Crippen LogP contribution >= 0.6 is 43.5 Å². The highest BCUT2D eigenvalue weighted by Crippen LogP contribution is 2.35. The van der Waals surface area contributed by atoms with E-state index in [0.29, 0.717) is 0 Å². The molecule has 0 N–H and O–H groups in total. The number of hydrogen-bond donors (Lipinski definition) is 0. The fraction of sp³-hybridized carbons (Fsp3) is 0.143. The number of aromatic nitrogens is 3. The molecule has 0 radical (unpaired) electrons. The zero-order valence-electron chi connectivity index (χ0n) is 10.5. The van der Waals surface area contributed by atoms with Crippen molar-refractivity contribution < 1.29 is 0 Å². The monoisotopic (exact) mass is 413 g/mol. The molecule has 0 bridgehead atoms. The van der Waals surface area contributed by atoms with Crippen LogP contribution in [0.15, 0.2) is 45.6 Å². The first-order valence-corrected chi connectivity index (χ1v) is 8.02. The maximum Gasteiger partial charge on any atom is 0.132 e. The highest BCUT2D eigenvalue weighted by Gasteiger charge is 2.19. The molecule has 1 atom stereocenters. The van der Waals surface area contributed by atoms with Gasteiger partial charge in [0, 0.05) is 15.1 Å². The molecule has 0 aliphatic heterocycles. The highest BCUT2D eigenvalue weighted by molar-refractivity contribution is 9.11. The summed E-state index contributed by atoms with van der Waals surface area (Å²) in [7, 11) is 0. The van der Waals surface area contributed by atoms with Crippen LogP contribution in [0.2, 0.25) is 0 Å². The number of fused-ring (bicyclic) bond motifs is 1. The summed E-state index contributed by atoms with van der Waals surface area (Å²) < 4.78 is 4.01. The van der Waals surface area contributed by atoms with Crippen LogP contribution in [0, 0.1) is 0 Å². The minimum absolute atomic E-state index is 0.207. The molecule has 0 saturated carbocycles. The maximum atomic E-state index is 6.30. The third-order valence-electron chi connectivity index (χ3n) is 3.00. The molecule has 1 unspecified atom stereocenters. The normalized spacial score (nSPS) is 12.8. The van der Waals surface area contributed by atoms with Crippen LogP contribution < -0.4 is 0 Å². The molecule has 2 aromatic heterocycles. The number of nitrogens with zero attached hydrogens (tertiary/aromatic N) is 3. The van der Waals surface area contributed by atoms with Gasteiger partial charge in [0.05, 0.1) is 22.8 Å². The van der Waals surface area contributed by atoms with E-state index >= 15 is 0 Å². The van der Waals surface area contributed by atoms with Crippen molar-refractivity contribution in [1.82, 2.24) is 14.5 Å². The van der Waals surface area contributed by atoms with Crippen molar-refractivity contribution in [3.05, 3.63) is 51.4 Å². The number of para-hydroxylation sites is 1. The zero-order valence-corrected chi connectivity index (χ0v) is 14.4. The summed E-state index contributed by atoms with van der Waals surface area (Å²) in [6.45, 7) is 1.91. The van der Waals surface area contributed by atoms with Gasteiger partial charge in [-0.2, -0.15) is 0 Å². The van der Waals surface area contributed by atoms with Crippen molar-refractivity contribution in [2.45, 2.75) is 12.3 Å². The van der Waals surface area contributed by atoms with E-state index < -0.39 is 0 Å². The van der Waals surface area contributed by atoms with Gasteiger partial charge in [0.25, 0.3) is 0 Å². The van der Waals surface area contributed by atoms with E-state index in [4.69, 9.17) is 11.6 Å². The molecule has 0 aliphatic carbocycles. The molecule has 0 spiro atoms. The molecule has 102 valence electrons. The summed E-state index contributed by atoms with van der Waals surface area (Å²) in [5.41, 5.74) is 2.80. The van der Waals surface area contributed by atoms with Gasteiger partial charge in [-0.3, -0.25) is 9.55 Å². The van der Waals surface area contributed by atoms with E-state index in [1.54, 1.807) is 12.4 Å². The van der Waals surface area contributed by atoms with Crippen LogP contribution in [0.1, 0.15) is 18.1 Å². The van der Waals surface area contributed by atoms with Crippen LogP contribution in [0.5, 0.6) is 0 Å². The molecule has 20 heavy (non-hydrogen) atoms. The van der Waals surface area contributed by atoms with Gasteiger partial charge in [0.1, 0.15) is 11.3 Å². The summed E-state index contributed by atoms with van der Waals surface area (Å²) in [6, 6.07) is 7.91. The van der Waals surface area contributed by atoms with Crippen molar-refractivity contribution in [2.75, 3.05) is 0 Å². The lowest BCUT2D eigenvalue weighted by Crippen LogP contribution is -2.03. The fourth-order valence-electron chi connectivity index (χ4n) is 2.16. The van der Waals surface area contributed by atoms with Gasteiger partial charge in [0.15, 0.2) is 0 Å². The Balaban J connectivity index is 2.43. The molecule has 3 rings (SSSR count). The van der Waals surface area contributed by atoms with Gasteiger partial charge in [0.2, 0.25) is 0 Å². The Morgan fingerprint density at radius 1 is 1.20 bits per heavy atom. The summed E-state index contributed by atoms with van der Waals surface area (Å²) in [5.74, 6) is 0.794. The Morgan fingerprint density at radius 3 is 2.55 bits per heavy atom. The lowest BCUT2D eigenvalue weighted by molar-refractivity contribution is 0.878. The smallest absolute Gasteiger partial charge is 0.132 e. The molecule has 0 saturated heterocycles. The number of alkyl halides is 1. The van der Waals surface area contributed by atoms with Crippen LogP contribution in [0.4, 0.5) is 0 Å². The Morgan fingerprint density at radius 2 is 1.90 bits per heavy atom. The van der Waals surface area contributed by atoms with Crippen LogP contribution in [0.25, 0.3) is 16.7 Å². The minimum Gasteiger partial charge on any atom is -0.293 e. The number of hydrogen-bond acceptors (Lipinski definition) is 2. The molecule has 0 aliphatic rings. The average molecular weight is 416 g/mol. The second-order valence-electron chi connectivity index (χ2n) is 4.36. The SMILES string of the molecule is CC(Cl)c1nc2cnccc2n1-c1c(Br)cccc1Br. The van der Waals surface area contributed by atoms with E-state index in [1.165, 1.54) is 0 Å². The predicted octanol–water partition coefficient (Wildman–Crippen LogP) is 5.25. The van der Waals surface area contributed by atoms with Gasteiger partial charge in [-0.1, -0.05) is 6.07 Å². The summed E-state index contributed by atoms with van der Waals surface area (Å²) in [5, 5.41) is -0.207. The van der Waals surface area contributed by atoms with E-state index in [1.807, 2.05) is 31.2 Å². The summed E-state index contributed by atoms with van der Waals surface area (Å²) >= 11 is 13.5. The molecular formula is C14H10Br2ClN3. The molecule has 0 fully saturated rings. The van der Waals surface area contributed by atoms with Crippen molar-refractivity contribution in [3.63, 3.8) is 0 Å². The van der Waals surface area contributed by atoms with Gasteiger partial charge in [-0.05, 0) is 57.0 Å². The number of halogens is 3. The topological polar surface area (TPSA) is 30.7 Å². The molecular weight excluding hydrogens is 405 g/mol. The molecule has 3 nitrogen and oxygen atoms in total. The average Bonchev–Trinajstić information content (AvgIpc) is 2.78. The van der Waals surface area contributed by atoms with Crippen LogP contribution in [0.3, 0.4) is 0 Å². The maximum absolute atomic E-state index is 6.30. The lowest BCUT2D eigenvalue weighted by Gasteiger charge is -2.14. The number of benzene rings is 1. The van der Waals surface area contributed by atoms with Gasteiger partial charge in [-0.25, -0.2) is 4.98 Å². The van der Waals surface area contributed by atoms with E-state index in [-0.39, 0.29) is 5.38 Å². The first-order valence-electron chi connectivity index (χ1n) is 6.00. The zero-order chi connectivity index (χ0) is 14.3. The molecule has 3 aromatic rings. The number of imidazole rings is 1. The Kier molecular flexibility index (Phi) is 3.84. The molecule has 6 heteroatoms. The van der Waals surface area contributed by atoms with E-state index in [2.05, 4.69) is 46.4 Å². The predicted molar refractivity (Wildman–Crippen MR) is 88.5 cm³/mol. The van der Waals surface area contributed by atoms with E-state index in [0.717, 1.165) is 31.5 Å². The molecule has 2 heterocycles. The Labute approximate surface area is 138 Å². The van der Waals surface area contributed by atoms with Crippen LogP contribution in [-0.2, 0) is 0 Å². The Bertz CT molecular complexity index is 763. The fourth-order valence-corrected chi connectivity index (χ4v) is 3.65. The Hall–Kier alpha value is -0.910. The summed E-state index contributed by atoms with van der Waals surface area (Å²) in [6.07, 6.45) is 3.51. The number of pyridine rings is 1. The third-order valence-corrected chi connectivity index (χ3v) is 4.47. The highest BCUT2D eigenvalue weighted by atomic mass is 79.9. The van der Waals surface area contributed by atoms with Gasteiger partial charge >= 0.3 is 0 Å². The number of rotatable bonds is 2. The third kappa shape index (κ3) is 2.28. The van der Waals surface area contributed by atoms with E-state index in [9.17, 15) is 0 Å². The molecule has 0 amide bonds. The standard InChI is InChI=1S/C14H10Br2ClN3/c1-8(17)14-19-11-7-18-6-5-12(11)20(14)13-9(15)3-2-4-10(13)16/h2-8H,1H3. The lowest BCUT2D eigenvalue weighted by atomic mass is 10.3. The first kappa shape index (κ1) is 14.0. The first-order chi connectivity index (χ1) is 9.59. The quantitative estimate of drug-likeness (QED) is 0.536. The second kappa shape index (κ2) is 5.47. The summed E-state index contributed by atoms with van der Waals surface area (Å²) in [4.78, 5) is 8.72. The minimum atomic E-state index is -0.207. The largest absolute Gasteiger partial charge is 0.293 e.